The Morgan fingerprint density at radius 1 is 1.07 bits per heavy atom. The van der Waals surface area contributed by atoms with Gasteiger partial charge in [-0.15, -0.1) is 0 Å². The van der Waals surface area contributed by atoms with Crippen molar-refractivity contribution in [1.29, 1.82) is 0 Å². The van der Waals surface area contributed by atoms with Gasteiger partial charge in [-0.1, -0.05) is 12.1 Å². The predicted octanol–water partition coefficient (Wildman–Crippen LogP) is 3.85. The van der Waals surface area contributed by atoms with E-state index >= 15 is 0 Å². The molecular weight excluding hydrogens is 340 g/mol. The third kappa shape index (κ3) is 3.93. The molecule has 27 heavy (non-hydrogen) atoms. The highest BCUT2D eigenvalue weighted by Crippen LogP contribution is 2.37. The number of carbonyl (C=O) groups excluding carboxylic acids is 1. The summed E-state index contributed by atoms with van der Waals surface area (Å²) in [4.78, 5) is 14.8. The molecule has 2 aromatic rings. The van der Waals surface area contributed by atoms with Crippen LogP contribution in [0.2, 0.25) is 0 Å². The molecule has 0 aromatic heterocycles. The van der Waals surface area contributed by atoms with Crippen LogP contribution in [0.1, 0.15) is 35.6 Å². The number of anilines is 1. The molecule has 0 aliphatic carbocycles. The van der Waals surface area contributed by atoms with Gasteiger partial charge in [-0.05, 0) is 74.2 Å². The topological polar surface area (TPSA) is 50.8 Å². The number of fused-ring (bicyclic) bond motifs is 1. The number of rotatable bonds is 4. The zero-order chi connectivity index (χ0) is 18.8. The average Bonchev–Trinajstić information content (AvgIpc) is 3.12. The number of nitrogens with one attached hydrogen (secondary N) is 1. The zero-order valence-corrected chi connectivity index (χ0v) is 16.0. The monoisotopic (exact) mass is 366 g/mol. The average molecular weight is 366 g/mol. The van der Waals surface area contributed by atoms with E-state index in [4.69, 9.17) is 9.47 Å². The van der Waals surface area contributed by atoms with Crippen LogP contribution in [0, 0.1) is 13.8 Å². The molecule has 2 aromatic carbocycles. The van der Waals surface area contributed by atoms with Gasteiger partial charge in [0.25, 0.3) is 0 Å². The maximum absolute atomic E-state index is 12.6. The molecule has 2 aliphatic heterocycles. The standard InChI is InChI=1S/C22H26N2O3/c1-15-5-7-18(12-16(15)2)23-22(25)14-24-9-3-4-19(24)17-6-8-20-21(13-17)27-11-10-26-20/h5-8,12-13,19H,3-4,9-11,14H2,1-2H3,(H,23,25). The summed E-state index contributed by atoms with van der Waals surface area (Å²) in [7, 11) is 0. The van der Waals surface area contributed by atoms with Gasteiger partial charge in [0.15, 0.2) is 11.5 Å². The minimum absolute atomic E-state index is 0.0303. The smallest absolute Gasteiger partial charge is 0.238 e. The molecule has 1 amide bonds. The summed E-state index contributed by atoms with van der Waals surface area (Å²) in [5.41, 5.74) is 4.46. The molecule has 2 aliphatic rings. The first-order valence-corrected chi connectivity index (χ1v) is 9.61. The molecule has 0 bridgehead atoms. The Labute approximate surface area is 160 Å². The number of hydrogen-bond donors (Lipinski definition) is 1. The van der Waals surface area contributed by atoms with Crippen LogP contribution in [-0.4, -0.2) is 37.1 Å². The quantitative estimate of drug-likeness (QED) is 0.893. The van der Waals surface area contributed by atoms with Crippen molar-refractivity contribution < 1.29 is 14.3 Å². The highest BCUT2D eigenvalue weighted by atomic mass is 16.6. The van der Waals surface area contributed by atoms with E-state index in [9.17, 15) is 4.79 Å². The Hall–Kier alpha value is -2.53. The van der Waals surface area contributed by atoms with Crippen LogP contribution in [0.15, 0.2) is 36.4 Å². The maximum atomic E-state index is 12.6. The first-order chi connectivity index (χ1) is 13.1. The second-order valence-corrected chi connectivity index (χ2v) is 7.38. The van der Waals surface area contributed by atoms with Gasteiger partial charge in [-0.25, -0.2) is 0 Å². The minimum Gasteiger partial charge on any atom is -0.486 e. The normalized spacial score (nSPS) is 19.1. The van der Waals surface area contributed by atoms with E-state index in [1.54, 1.807) is 0 Å². The van der Waals surface area contributed by atoms with Crippen molar-refractivity contribution in [2.75, 3.05) is 31.6 Å². The van der Waals surface area contributed by atoms with Crippen molar-refractivity contribution in [3.8, 4) is 11.5 Å². The molecule has 142 valence electrons. The highest BCUT2D eigenvalue weighted by Gasteiger charge is 2.28. The molecule has 1 unspecified atom stereocenters. The fraction of sp³-hybridized carbons (Fsp3) is 0.409. The van der Waals surface area contributed by atoms with E-state index in [-0.39, 0.29) is 11.9 Å². The lowest BCUT2D eigenvalue weighted by molar-refractivity contribution is -0.117. The van der Waals surface area contributed by atoms with Gasteiger partial charge in [0.1, 0.15) is 13.2 Å². The Morgan fingerprint density at radius 2 is 1.89 bits per heavy atom. The van der Waals surface area contributed by atoms with Gasteiger partial charge in [0, 0.05) is 11.7 Å². The lowest BCUT2D eigenvalue weighted by Crippen LogP contribution is -2.33. The van der Waals surface area contributed by atoms with Gasteiger partial charge in [0.05, 0.1) is 6.54 Å². The van der Waals surface area contributed by atoms with Gasteiger partial charge in [-0.2, -0.15) is 0 Å². The van der Waals surface area contributed by atoms with Crippen molar-refractivity contribution in [2.45, 2.75) is 32.7 Å². The molecule has 0 radical (unpaired) electrons. The molecule has 1 saturated heterocycles. The largest absolute Gasteiger partial charge is 0.486 e. The fourth-order valence-electron chi connectivity index (χ4n) is 3.86. The number of ether oxygens (including phenoxy) is 2. The molecule has 0 saturated carbocycles. The third-order valence-electron chi connectivity index (χ3n) is 5.45. The van der Waals surface area contributed by atoms with E-state index in [0.717, 1.165) is 36.6 Å². The lowest BCUT2D eigenvalue weighted by atomic mass is 10.0. The number of nitrogens with zero attached hydrogens (tertiary/aromatic N) is 1. The van der Waals surface area contributed by atoms with E-state index in [0.29, 0.717) is 19.8 Å². The summed E-state index contributed by atoms with van der Waals surface area (Å²) >= 11 is 0. The van der Waals surface area contributed by atoms with Crippen molar-refractivity contribution in [2.24, 2.45) is 0 Å². The Morgan fingerprint density at radius 3 is 2.70 bits per heavy atom. The Kier molecular flexibility index (Phi) is 5.03. The number of aryl methyl sites for hydroxylation is 2. The summed E-state index contributed by atoms with van der Waals surface area (Å²) in [6, 6.07) is 12.4. The summed E-state index contributed by atoms with van der Waals surface area (Å²) in [6.45, 7) is 6.64. The summed E-state index contributed by atoms with van der Waals surface area (Å²) in [6.07, 6.45) is 2.15. The molecule has 4 rings (SSSR count). The molecule has 1 N–H and O–H groups in total. The second-order valence-electron chi connectivity index (χ2n) is 7.38. The molecule has 1 fully saturated rings. The van der Waals surface area contributed by atoms with Crippen LogP contribution in [0.3, 0.4) is 0 Å². The Balaban J connectivity index is 1.43. The number of likely N-dealkylation sites (tertiary alicyclic amines) is 1. The molecule has 5 nitrogen and oxygen atoms in total. The molecular formula is C22H26N2O3. The van der Waals surface area contributed by atoms with E-state index in [2.05, 4.69) is 36.2 Å². The Bertz CT molecular complexity index is 849. The molecule has 5 heteroatoms. The molecule has 2 heterocycles. The predicted molar refractivity (Wildman–Crippen MR) is 106 cm³/mol. The van der Waals surface area contributed by atoms with Gasteiger partial charge >= 0.3 is 0 Å². The van der Waals surface area contributed by atoms with E-state index in [1.165, 1.54) is 16.7 Å². The van der Waals surface area contributed by atoms with Crippen LogP contribution in [0.25, 0.3) is 0 Å². The maximum Gasteiger partial charge on any atom is 0.238 e. The fourth-order valence-corrected chi connectivity index (χ4v) is 3.86. The second kappa shape index (κ2) is 7.61. The first kappa shape index (κ1) is 17.9. The summed E-state index contributed by atoms with van der Waals surface area (Å²) in [5.74, 6) is 1.65. The zero-order valence-electron chi connectivity index (χ0n) is 16.0. The highest BCUT2D eigenvalue weighted by molar-refractivity contribution is 5.92. The number of amides is 1. The van der Waals surface area contributed by atoms with Crippen LogP contribution in [-0.2, 0) is 4.79 Å². The van der Waals surface area contributed by atoms with Gasteiger partial charge in [0.2, 0.25) is 5.91 Å². The number of benzene rings is 2. The summed E-state index contributed by atoms with van der Waals surface area (Å²) in [5, 5.41) is 3.03. The van der Waals surface area contributed by atoms with E-state index in [1.807, 2.05) is 24.3 Å². The molecule has 0 spiro atoms. The number of carbonyl (C=O) groups is 1. The third-order valence-corrected chi connectivity index (χ3v) is 5.45. The van der Waals surface area contributed by atoms with Crippen LogP contribution >= 0.6 is 0 Å². The van der Waals surface area contributed by atoms with Crippen molar-refractivity contribution in [3.63, 3.8) is 0 Å². The van der Waals surface area contributed by atoms with Crippen LogP contribution in [0.4, 0.5) is 5.69 Å². The van der Waals surface area contributed by atoms with Crippen LogP contribution in [0.5, 0.6) is 11.5 Å². The molecule has 1 atom stereocenters. The first-order valence-electron chi connectivity index (χ1n) is 9.61. The SMILES string of the molecule is Cc1ccc(NC(=O)CN2CCCC2c2ccc3c(c2)OCCO3)cc1C. The van der Waals surface area contributed by atoms with E-state index < -0.39 is 0 Å². The van der Waals surface area contributed by atoms with Crippen molar-refractivity contribution in [1.82, 2.24) is 4.90 Å². The summed E-state index contributed by atoms with van der Waals surface area (Å²) < 4.78 is 11.3. The van der Waals surface area contributed by atoms with Gasteiger partial charge < -0.3 is 14.8 Å². The van der Waals surface area contributed by atoms with Crippen molar-refractivity contribution >= 4 is 11.6 Å². The lowest BCUT2D eigenvalue weighted by Gasteiger charge is -2.26. The van der Waals surface area contributed by atoms with Crippen molar-refractivity contribution in [3.05, 3.63) is 53.1 Å². The number of hydrogen-bond acceptors (Lipinski definition) is 4. The minimum atomic E-state index is 0.0303. The van der Waals surface area contributed by atoms with Gasteiger partial charge in [-0.3, -0.25) is 9.69 Å². The van der Waals surface area contributed by atoms with Crippen LogP contribution < -0.4 is 14.8 Å².